The highest BCUT2D eigenvalue weighted by Gasteiger charge is 2.37. The molecule has 1 aliphatic rings. The van der Waals surface area contributed by atoms with Crippen molar-refractivity contribution >= 4 is 11.7 Å². The lowest BCUT2D eigenvalue weighted by Gasteiger charge is -2.16. The van der Waals surface area contributed by atoms with Gasteiger partial charge in [0.25, 0.3) is 11.7 Å². The molecule has 0 aromatic carbocycles. The van der Waals surface area contributed by atoms with Crippen LogP contribution in [0.15, 0.2) is 11.8 Å². The maximum atomic E-state index is 11.8. The molecule has 78 valence electrons. The number of halogens is 3. The Bertz CT molecular complexity index is 296. The minimum atomic E-state index is -4.94. The second kappa shape index (κ2) is 3.69. The van der Waals surface area contributed by atoms with Crippen LogP contribution in [0.2, 0.25) is 0 Å². The first-order valence-corrected chi connectivity index (χ1v) is 3.76. The number of amides is 1. The molecule has 1 aliphatic heterocycles. The summed E-state index contributed by atoms with van der Waals surface area (Å²) < 4.78 is 35.3. The molecule has 1 saturated heterocycles. The van der Waals surface area contributed by atoms with E-state index in [-0.39, 0.29) is 11.8 Å². The van der Waals surface area contributed by atoms with Crippen LogP contribution in [-0.4, -0.2) is 31.0 Å². The number of carbonyl (C=O) groups excluding carboxylic acids is 2. The Morgan fingerprint density at radius 2 is 1.86 bits per heavy atom. The lowest BCUT2D eigenvalue weighted by Crippen LogP contribution is -2.43. The van der Waals surface area contributed by atoms with Crippen molar-refractivity contribution in [2.45, 2.75) is 6.18 Å². The molecule has 0 aliphatic carbocycles. The first-order valence-electron chi connectivity index (χ1n) is 3.76. The number of alkyl halides is 3. The lowest BCUT2D eigenvalue weighted by molar-refractivity contribution is -0.165. The standard InChI is InChI=1S/C7H7F3N2O2/c8-7(9,10)5(13)3-4-6(14)12-2-1-11-4/h3,11H,1-2H2,(H,12,14)/b4-3-. The van der Waals surface area contributed by atoms with E-state index in [1.807, 2.05) is 0 Å². The van der Waals surface area contributed by atoms with Crippen LogP contribution in [0.25, 0.3) is 0 Å². The van der Waals surface area contributed by atoms with Gasteiger partial charge in [-0.05, 0) is 0 Å². The molecule has 1 fully saturated rings. The van der Waals surface area contributed by atoms with E-state index in [1.54, 1.807) is 0 Å². The molecule has 1 amide bonds. The van der Waals surface area contributed by atoms with E-state index >= 15 is 0 Å². The van der Waals surface area contributed by atoms with E-state index in [9.17, 15) is 22.8 Å². The van der Waals surface area contributed by atoms with Crippen LogP contribution in [-0.2, 0) is 9.59 Å². The van der Waals surface area contributed by atoms with Crippen molar-refractivity contribution in [2.24, 2.45) is 0 Å². The molecular formula is C7H7F3N2O2. The Morgan fingerprint density at radius 1 is 1.29 bits per heavy atom. The number of carbonyl (C=O) groups is 2. The fourth-order valence-corrected chi connectivity index (χ4v) is 0.878. The summed E-state index contributed by atoms with van der Waals surface area (Å²) in [4.78, 5) is 21.4. The predicted octanol–water partition coefficient (Wildman–Crippen LogP) is -0.279. The van der Waals surface area contributed by atoms with Gasteiger partial charge in [0.15, 0.2) is 0 Å². The van der Waals surface area contributed by atoms with Gasteiger partial charge in [-0.2, -0.15) is 13.2 Å². The van der Waals surface area contributed by atoms with Crippen molar-refractivity contribution in [1.82, 2.24) is 10.6 Å². The van der Waals surface area contributed by atoms with E-state index in [0.717, 1.165) is 0 Å². The molecular weight excluding hydrogens is 201 g/mol. The van der Waals surface area contributed by atoms with E-state index in [0.29, 0.717) is 13.1 Å². The average Bonchev–Trinajstić information content (AvgIpc) is 2.07. The maximum absolute atomic E-state index is 11.8. The Morgan fingerprint density at radius 3 is 2.36 bits per heavy atom. The van der Waals surface area contributed by atoms with E-state index in [2.05, 4.69) is 10.6 Å². The lowest BCUT2D eigenvalue weighted by atomic mass is 10.2. The molecule has 0 atom stereocenters. The SMILES string of the molecule is O=C1NCCN/C1=C\C(=O)C(F)(F)F. The van der Waals surface area contributed by atoms with Crippen molar-refractivity contribution in [3.8, 4) is 0 Å². The van der Waals surface area contributed by atoms with Gasteiger partial charge < -0.3 is 10.6 Å². The highest BCUT2D eigenvalue weighted by Crippen LogP contribution is 2.17. The normalized spacial score (nSPS) is 20.2. The van der Waals surface area contributed by atoms with Gasteiger partial charge in [-0.3, -0.25) is 9.59 Å². The molecule has 1 heterocycles. The molecule has 2 N–H and O–H groups in total. The van der Waals surface area contributed by atoms with E-state index in [1.165, 1.54) is 0 Å². The van der Waals surface area contributed by atoms with E-state index < -0.39 is 17.9 Å². The van der Waals surface area contributed by atoms with Crippen LogP contribution in [0.1, 0.15) is 0 Å². The number of nitrogens with one attached hydrogen (secondary N) is 2. The highest BCUT2D eigenvalue weighted by atomic mass is 19.4. The molecule has 0 radical (unpaired) electrons. The van der Waals surface area contributed by atoms with Crippen molar-refractivity contribution in [1.29, 1.82) is 0 Å². The number of hydrogen-bond donors (Lipinski definition) is 2. The van der Waals surface area contributed by atoms with Crippen LogP contribution in [0.4, 0.5) is 13.2 Å². The second-order valence-corrected chi connectivity index (χ2v) is 2.60. The van der Waals surface area contributed by atoms with Gasteiger partial charge in [-0.15, -0.1) is 0 Å². The number of hydrogen-bond acceptors (Lipinski definition) is 3. The van der Waals surface area contributed by atoms with Crippen molar-refractivity contribution in [3.63, 3.8) is 0 Å². The van der Waals surface area contributed by atoms with Crippen molar-refractivity contribution in [2.75, 3.05) is 13.1 Å². The van der Waals surface area contributed by atoms with Crippen LogP contribution in [0.3, 0.4) is 0 Å². The quantitative estimate of drug-likeness (QED) is 0.583. The zero-order chi connectivity index (χ0) is 10.8. The minimum Gasteiger partial charge on any atom is -0.379 e. The van der Waals surface area contributed by atoms with Crippen LogP contribution < -0.4 is 10.6 Å². The van der Waals surface area contributed by atoms with Crippen LogP contribution in [0, 0.1) is 0 Å². The summed E-state index contributed by atoms with van der Waals surface area (Å²) in [5.74, 6) is -2.74. The largest absolute Gasteiger partial charge is 0.454 e. The third-order valence-electron chi connectivity index (χ3n) is 1.53. The molecule has 0 bridgehead atoms. The van der Waals surface area contributed by atoms with Gasteiger partial charge in [-0.1, -0.05) is 0 Å². The monoisotopic (exact) mass is 208 g/mol. The smallest absolute Gasteiger partial charge is 0.379 e. The molecule has 0 aromatic rings. The van der Waals surface area contributed by atoms with Gasteiger partial charge in [-0.25, -0.2) is 0 Å². The first kappa shape index (κ1) is 10.6. The van der Waals surface area contributed by atoms with Gasteiger partial charge in [0.1, 0.15) is 5.70 Å². The average molecular weight is 208 g/mol. The Hall–Kier alpha value is -1.53. The van der Waals surface area contributed by atoms with Crippen LogP contribution >= 0.6 is 0 Å². The van der Waals surface area contributed by atoms with Gasteiger partial charge in [0, 0.05) is 19.2 Å². The third-order valence-corrected chi connectivity index (χ3v) is 1.53. The zero-order valence-electron chi connectivity index (χ0n) is 6.94. The van der Waals surface area contributed by atoms with Crippen LogP contribution in [0.5, 0.6) is 0 Å². The topological polar surface area (TPSA) is 58.2 Å². The van der Waals surface area contributed by atoms with Gasteiger partial charge in [0.05, 0.1) is 0 Å². The molecule has 4 nitrogen and oxygen atoms in total. The predicted molar refractivity (Wildman–Crippen MR) is 40.2 cm³/mol. The van der Waals surface area contributed by atoms with Crippen molar-refractivity contribution in [3.05, 3.63) is 11.8 Å². The summed E-state index contributed by atoms with van der Waals surface area (Å²) in [6.07, 6.45) is -4.68. The maximum Gasteiger partial charge on any atom is 0.454 e. The summed E-state index contributed by atoms with van der Waals surface area (Å²) >= 11 is 0. The molecule has 0 unspecified atom stereocenters. The molecule has 0 spiro atoms. The minimum absolute atomic E-state index is 0.258. The molecule has 0 aromatic heterocycles. The molecule has 0 saturated carbocycles. The second-order valence-electron chi connectivity index (χ2n) is 2.60. The zero-order valence-corrected chi connectivity index (χ0v) is 6.94. The highest BCUT2D eigenvalue weighted by molar-refractivity contribution is 6.03. The number of piperazine rings is 1. The Labute approximate surface area is 77.2 Å². The molecule has 1 rings (SSSR count). The molecule has 14 heavy (non-hydrogen) atoms. The van der Waals surface area contributed by atoms with Crippen molar-refractivity contribution < 1.29 is 22.8 Å². The Balaban J connectivity index is 2.76. The summed E-state index contributed by atoms with van der Waals surface area (Å²) in [6.45, 7) is 0.638. The summed E-state index contributed by atoms with van der Waals surface area (Å²) in [5, 5.41) is 4.70. The van der Waals surface area contributed by atoms with Gasteiger partial charge in [0.2, 0.25) is 0 Å². The van der Waals surface area contributed by atoms with E-state index in [4.69, 9.17) is 0 Å². The summed E-state index contributed by atoms with van der Waals surface area (Å²) in [7, 11) is 0. The summed E-state index contributed by atoms with van der Waals surface area (Å²) in [5.41, 5.74) is -0.349. The first-order chi connectivity index (χ1) is 6.41. The summed E-state index contributed by atoms with van der Waals surface area (Å²) in [6, 6.07) is 0. The molecule has 7 heteroatoms. The fraction of sp³-hybridized carbons (Fsp3) is 0.429. The fourth-order valence-electron chi connectivity index (χ4n) is 0.878. The Kier molecular flexibility index (Phi) is 2.78. The number of rotatable bonds is 1. The number of allylic oxidation sites excluding steroid dienone is 1. The third kappa shape index (κ3) is 2.48. The van der Waals surface area contributed by atoms with Gasteiger partial charge >= 0.3 is 6.18 Å². The number of ketones is 1.